The average Bonchev–Trinajstić information content (AvgIpc) is 3.07. The maximum Gasteiger partial charge on any atom is 0.435 e. The number of alkyl halides is 3. The number of carbonyl (C=O) groups excluding carboxylic acids is 2. The second kappa shape index (κ2) is 7.43. The lowest BCUT2D eigenvalue weighted by atomic mass is 9.75. The molecule has 3 aromatic rings. The van der Waals surface area contributed by atoms with Crippen molar-refractivity contribution in [1.29, 1.82) is 0 Å². The summed E-state index contributed by atoms with van der Waals surface area (Å²) in [6, 6.07) is 5.82. The van der Waals surface area contributed by atoms with E-state index in [0.717, 1.165) is 4.68 Å². The lowest BCUT2D eigenvalue weighted by Crippen LogP contribution is -2.29. The van der Waals surface area contributed by atoms with E-state index >= 15 is 0 Å². The summed E-state index contributed by atoms with van der Waals surface area (Å²) in [5, 5.41) is 6.70. The Morgan fingerprint density at radius 1 is 1.22 bits per heavy atom. The molecule has 0 saturated heterocycles. The van der Waals surface area contributed by atoms with Crippen LogP contribution < -0.4 is 11.1 Å². The molecule has 2 aromatic heterocycles. The van der Waals surface area contributed by atoms with E-state index in [9.17, 15) is 22.8 Å². The first-order valence-corrected chi connectivity index (χ1v) is 9.66. The largest absolute Gasteiger partial charge is 0.435 e. The number of nitrogens with one attached hydrogen (secondary N) is 1. The summed E-state index contributed by atoms with van der Waals surface area (Å²) in [4.78, 5) is 32.3. The summed E-state index contributed by atoms with van der Waals surface area (Å²) in [7, 11) is 0. The molecule has 0 aliphatic heterocycles. The fourth-order valence-electron chi connectivity index (χ4n) is 3.84. The van der Waals surface area contributed by atoms with E-state index in [4.69, 9.17) is 5.73 Å². The van der Waals surface area contributed by atoms with E-state index in [0.29, 0.717) is 5.82 Å². The molecule has 0 spiro atoms. The average molecular weight is 444 g/mol. The Hall–Kier alpha value is -3.76. The molecule has 166 valence electrons. The molecule has 0 saturated carbocycles. The van der Waals surface area contributed by atoms with Crippen LogP contribution in [-0.2, 0) is 12.6 Å². The number of hydrogen-bond donors (Lipinski definition) is 2. The van der Waals surface area contributed by atoms with Crippen LogP contribution in [0.2, 0.25) is 0 Å². The zero-order chi connectivity index (χ0) is 23.3. The summed E-state index contributed by atoms with van der Waals surface area (Å²) >= 11 is 0. The van der Waals surface area contributed by atoms with Gasteiger partial charge in [0, 0.05) is 12.6 Å². The van der Waals surface area contributed by atoms with Crippen molar-refractivity contribution >= 4 is 23.2 Å². The molecule has 0 bridgehead atoms. The SMILES string of the molecule is CC1(C)CC(=O)c2c(C(F)(F)F)nn(-c3ccc(C(N)=O)c(Nc4ccncn4)c3)c2C1. The lowest BCUT2D eigenvalue weighted by Gasteiger charge is -2.29. The van der Waals surface area contributed by atoms with Gasteiger partial charge < -0.3 is 11.1 Å². The van der Waals surface area contributed by atoms with E-state index < -0.39 is 34.5 Å². The maximum atomic E-state index is 13.7. The molecule has 1 amide bonds. The molecule has 0 radical (unpaired) electrons. The van der Waals surface area contributed by atoms with Gasteiger partial charge in [0.1, 0.15) is 12.1 Å². The third kappa shape index (κ3) is 3.93. The van der Waals surface area contributed by atoms with Crippen LogP contribution >= 0.6 is 0 Å². The number of fused-ring (bicyclic) bond motifs is 1. The zero-order valence-corrected chi connectivity index (χ0v) is 17.2. The smallest absolute Gasteiger partial charge is 0.366 e. The summed E-state index contributed by atoms with van der Waals surface area (Å²) in [5.74, 6) is -0.972. The third-order valence-corrected chi connectivity index (χ3v) is 5.17. The molecule has 1 aromatic carbocycles. The number of aromatic nitrogens is 4. The molecule has 1 aliphatic rings. The topological polar surface area (TPSA) is 116 Å². The van der Waals surface area contributed by atoms with E-state index in [2.05, 4.69) is 20.4 Å². The second-order valence-corrected chi connectivity index (χ2v) is 8.33. The van der Waals surface area contributed by atoms with Gasteiger partial charge in [-0.3, -0.25) is 9.59 Å². The first-order chi connectivity index (χ1) is 15.0. The third-order valence-electron chi connectivity index (χ3n) is 5.17. The lowest BCUT2D eigenvalue weighted by molar-refractivity contribution is -0.141. The molecule has 1 aliphatic carbocycles. The van der Waals surface area contributed by atoms with Gasteiger partial charge in [0.05, 0.1) is 28.2 Å². The van der Waals surface area contributed by atoms with Gasteiger partial charge in [-0.15, -0.1) is 0 Å². The molecular weight excluding hydrogens is 425 g/mol. The Morgan fingerprint density at radius 3 is 2.59 bits per heavy atom. The van der Waals surface area contributed by atoms with Gasteiger partial charge in [0.25, 0.3) is 5.91 Å². The van der Waals surface area contributed by atoms with Crippen LogP contribution in [-0.4, -0.2) is 31.4 Å². The van der Waals surface area contributed by atoms with Gasteiger partial charge in [-0.05, 0) is 36.1 Å². The fourth-order valence-corrected chi connectivity index (χ4v) is 3.84. The fraction of sp³-hybridized carbons (Fsp3) is 0.286. The number of nitrogens with two attached hydrogens (primary N) is 1. The number of anilines is 2. The molecule has 32 heavy (non-hydrogen) atoms. The van der Waals surface area contributed by atoms with Crippen LogP contribution in [0.25, 0.3) is 5.69 Å². The summed E-state index contributed by atoms with van der Waals surface area (Å²) in [5.41, 5.74) is 4.07. The Balaban J connectivity index is 1.89. The minimum absolute atomic E-state index is 0.00406. The van der Waals surface area contributed by atoms with Crippen molar-refractivity contribution in [3.63, 3.8) is 0 Å². The monoisotopic (exact) mass is 444 g/mol. The van der Waals surface area contributed by atoms with Crippen molar-refractivity contribution in [3.05, 3.63) is 59.3 Å². The summed E-state index contributed by atoms with van der Waals surface area (Å²) in [6.45, 7) is 3.63. The predicted molar refractivity (Wildman–Crippen MR) is 109 cm³/mol. The van der Waals surface area contributed by atoms with Crippen molar-refractivity contribution < 1.29 is 22.8 Å². The molecule has 0 fully saturated rings. The van der Waals surface area contributed by atoms with Gasteiger partial charge in [0.15, 0.2) is 11.5 Å². The highest BCUT2D eigenvalue weighted by atomic mass is 19.4. The normalized spacial score (nSPS) is 15.3. The van der Waals surface area contributed by atoms with Crippen molar-refractivity contribution in [1.82, 2.24) is 19.7 Å². The van der Waals surface area contributed by atoms with Crippen molar-refractivity contribution in [3.8, 4) is 5.69 Å². The molecule has 0 unspecified atom stereocenters. The van der Waals surface area contributed by atoms with Crippen LogP contribution in [0.1, 0.15) is 52.4 Å². The Kier molecular flexibility index (Phi) is 4.99. The van der Waals surface area contributed by atoms with Gasteiger partial charge in [-0.2, -0.15) is 18.3 Å². The van der Waals surface area contributed by atoms with Gasteiger partial charge in [-0.1, -0.05) is 13.8 Å². The van der Waals surface area contributed by atoms with Gasteiger partial charge in [0.2, 0.25) is 0 Å². The highest BCUT2D eigenvalue weighted by molar-refractivity contribution is 6.01. The number of nitrogens with zero attached hydrogens (tertiary/aromatic N) is 4. The van der Waals surface area contributed by atoms with Crippen LogP contribution in [0.15, 0.2) is 36.8 Å². The number of primary amides is 1. The molecule has 8 nitrogen and oxygen atoms in total. The summed E-state index contributed by atoms with van der Waals surface area (Å²) < 4.78 is 42.2. The maximum absolute atomic E-state index is 13.7. The molecule has 4 rings (SSSR count). The number of Topliss-reactive ketones (excluding diaryl/α,β-unsaturated/α-hetero) is 1. The number of halogens is 3. The summed E-state index contributed by atoms with van der Waals surface area (Å²) in [6.07, 6.45) is -1.79. The number of amides is 1. The highest BCUT2D eigenvalue weighted by Crippen LogP contribution is 2.42. The van der Waals surface area contributed by atoms with Crippen molar-refractivity contribution in [2.75, 3.05) is 5.32 Å². The van der Waals surface area contributed by atoms with Crippen LogP contribution in [0.5, 0.6) is 0 Å². The number of ketones is 1. The van der Waals surface area contributed by atoms with Crippen molar-refractivity contribution in [2.24, 2.45) is 11.1 Å². The highest BCUT2D eigenvalue weighted by Gasteiger charge is 2.45. The number of carbonyl (C=O) groups is 2. The molecule has 2 heterocycles. The Bertz CT molecular complexity index is 1220. The first kappa shape index (κ1) is 21.5. The van der Waals surface area contributed by atoms with E-state index in [1.165, 1.54) is 30.7 Å². The number of benzene rings is 1. The molecule has 3 N–H and O–H groups in total. The van der Waals surface area contributed by atoms with Crippen molar-refractivity contribution in [2.45, 2.75) is 32.9 Å². The first-order valence-electron chi connectivity index (χ1n) is 9.66. The molecular formula is C21H19F3N6O2. The van der Waals surface area contributed by atoms with Crippen LogP contribution in [0.4, 0.5) is 24.7 Å². The predicted octanol–water partition coefficient (Wildman–Crippen LogP) is 3.68. The van der Waals surface area contributed by atoms with E-state index in [1.54, 1.807) is 6.07 Å². The Labute approximate surface area is 180 Å². The van der Waals surface area contributed by atoms with E-state index in [1.807, 2.05) is 13.8 Å². The van der Waals surface area contributed by atoms with Crippen LogP contribution in [0.3, 0.4) is 0 Å². The Morgan fingerprint density at radius 2 is 1.97 bits per heavy atom. The molecule has 11 heteroatoms. The number of rotatable bonds is 4. The number of hydrogen-bond acceptors (Lipinski definition) is 6. The van der Waals surface area contributed by atoms with E-state index in [-0.39, 0.29) is 35.5 Å². The van der Waals surface area contributed by atoms with Gasteiger partial charge in [-0.25, -0.2) is 14.6 Å². The standard InChI is InChI=1S/C21H19F3N6O2/c1-20(2)8-14-17(15(31)9-20)18(21(22,23)24)29-30(14)11-3-4-12(19(25)32)13(7-11)28-16-5-6-26-10-27-16/h3-7,10H,8-9H2,1-2H3,(H2,25,32)(H,26,27,28). The molecule has 0 atom stereocenters. The van der Waals surface area contributed by atoms with Crippen LogP contribution in [0, 0.1) is 5.41 Å². The quantitative estimate of drug-likeness (QED) is 0.634. The minimum atomic E-state index is -4.79. The zero-order valence-electron chi connectivity index (χ0n) is 17.2. The minimum Gasteiger partial charge on any atom is -0.366 e. The second-order valence-electron chi connectivity index (χ2n) is 8.33. The van der Waals surface area contributed by atoms with Gasteiger partial charge >= 0.3 is 6.18 Å².